The van der Waals surface area contributed by atoms with E-state index in [0.29, 0.717) is 5.15 Å². The zero-order chi connectivity index (χ0) is 18.2. The number of thiophene rings is 1. The first kappa shape index (κ1) is 17.9. The van der Waals surface area contributed by atoms with Crippen molar-refractivity contribution in [2.45, 2.75) is 32.2 Å². The van der Waals surface area contributed by atoms with Crippen LogP contribution in [0, 0.1) is 5.92 Å². The van der Waals surface area contributed by atoms with E-state index in [2.05, 4.69) is 23.4 Å². The molecule has 0 saturated heterocycles. The minimum Gasteiger partial charge on any atom is -0.369 e. The van der Waals surface area contributed by atoms with Gasteiger partial charge in [0.2, 0.25) is 5.91 Å². The molecule has 0 aromatic carbocycles. The molecule has 0 aliphatic carbocycles. The molecule has 7 heteroatoms. The number of carbonyl (C=O) groups excluding carboxylic acids is 1. The Hall–Kier alpha value is -1.92. The number of nitrogens with zero attached hydrogens (tertiary/aromatic N) is 3. The van der Waals surface area contributed by atoms with E-state index in [9.17, 15) is 4.79 Å². The number of pyridine rings is 1. The third-order valence-corrected chi connectivity index (χ3v) is 6.10. The lowest BCUT2D eigenvalue weighted by atomic mass is 9.79. The predicted molar refractivity (Wildman–Crippen MR) is 103 cm³/mol. The van der Waals surface area contributed by atoms with Gasteiger partial charge in [-0.1, -0.05) is 24.9 Å². The average Bonchev–Trinajstić information content (AvgIpc) is 3.08. The number of nitrogens with two attached hydrogens (primary N) is 1. The van der Waals surface area contributed by atoms with Gasteiger partial charge in [0.25, 0.3) is 0 Å². The second-order valence-corrected chi connectivity index (χ2v) is 7.72. The molecule has 2 atom stereocenters. The molecule has 132 valence electrons. The quantitative estimate of drug-likeness (QED) is 0.823. The second-order valence-electron chi connectivity index (χ2n) is 6.42. The third kappa shape index (κ3) is 3.16. The van der Waals surface area contributed by atoms with Crippen LogP contribution in [0.25, 0.3) is 11.1 Å². The van der Waals surface area contributed by atoms with E-state index in [1.165, 1.54) is 4.90 Å². The molecule has 0 fully saturated rings. The van der Waals surface area contributed by atoms with Crippen LogP contribution < -0.4 is 5.73 Å². The number of halogens is 1. The standard InChI is InChI=1S/C18H21ClN4OS/c1-4-5-13-16(24)23(3)17(20)22-18(13,2)14-8-12(10-25-14)11-6-7-21-15(19)9-11/h6-10,13H,4-5H2,1-3H3,(H2,20,22)/t13?,18-/m0/s1. The molecule has 1 aliphatic rings. The summed E-state index contributed by atoms with van der Waals surface area (Å²) in [6.07, 6.45) is 3.37. The molecule has 3 rings (SSSR count). The van der Waals surface area contributed by atoms with E-state index >= 15 is 0 Å². The van der Waals surface area contributed by atoms with E-state index in [1.54, 1.807) is 24.6 Å². The zero-order valence-electron chi connectivity index (χ0n) is 14.5. The monoisotopic (exact) mass is 376 g/mol. The molecule has 0 radical (unpaired) electrons. The molecule has 2 aromatic heterocycles. The van der Waals surface area contributed by atoms with E-state index < -0.39 is 5.54 Å². The maximum absolute atomic E-state index is 12.8. The van der Waals surface area contributed by atoms with Gasteiger partial charge in [0, 0.05) is 18.1 Å². The minimum atomic E-state index is -0.649. The molecular formula is C18H21ClN4OS. The molecule has 25 heavy (non-hydrogen) atoms. The molecular weight excluding hydrogens is 356 g/mol. The van der Waals surface area contributed by atoms with E-state index in [4.69, 9.17) is 22.3 Å². The van der Waals surface area contributed by atoms with Crippen molar-refractivity contribution in [3.8, 4) is 11.1 Å². The van der Waals surface area contributed by atoms with Crippen molar-refractivity contribution in [3.63, 3.8) is 0 Å². The Kier molecular flexibility index (Phi) is 4.84. The lowest BCUT2D eigenvalue weighted by Crippen LogP contribution is -2.53. The molecule has 0 spiro atoms. The fourth-order valence-electron chi connectivity index (χ4n) is 3.23. The van der Waals surface area contributed by atoms with Gasteiger partial charge < -0.3 is 5.73 Å². The third-order valence-electron chi connectivity index (χ3n) is 4.73. The molecule has 5 nitrogen and oxygen atoms in total. The Morgan fingerprint density at radius 2 is 2.16 bits per heavy atom. The predicted octanol–water partition coefficient (Wildman–Crippen LogP) is 3.88. The summed E-state index contributed by atoms with van der Waals surface area (Å²) in [4.78, 5) is 24.0. The second kappa shape index (κ2) is 6.77. The van der Waals surface area contributed by atoms with Crippen LogP contribution >= 0.6 is 22.9 Å². The zero-order valence-corrected chi connectivity index (χ0v) is 16.1. The van der Waals surface area contributed by atoms with Gasteiger partial charge in [-0.3, -0.25) is 9.69 Å². The Morgan fingerprint density at radius 1 is 1.40 bits per heavy atom. The number of rotatable bonds is 4. The van der Waals surface area contributed by atoms with Crippen LogP contribution in [0.2, 0.25) is 5.15 Å². The van der Waals surface area contributed by atoms with Crippen LogP contribution in [-0.2, 0) is 10.3 Å². The summed E-state index contributed by atoms with van der Waals surface area (Å²) in [6, 6.07) is 5.83. The van der Waals surface area contributed by atoms with Crippen molar-refractivity contribution >= 4 is 34.8 Å². The fraction of sp³-hybridized carbons (Fsp3) is 0.389. The number of amides is 1. The van der Waals surface area contributed by atoms with Gasteiger partial charge in [0.1, 0.15) is 10.7 Å². The normalized spacial score (nSPS) is 23.7. The summed E-state index contributed by atoms with van der Waals surface area (Å²) in [7, 11) is 1.68. The smallest absolute Gasteiger partial charge is 0.234 e. The lowest BCUT2D eigenvalue weighted by Gasteiger charge is -2.39. The summed E-state index contributed by atoms with van der Waals surface area (Å²) >= 11 is 7.59. The highest BCUT2D eigenvalue weighted by molar-refractivity contribution is 7.10. The molecule has 1 aliphatic heterocycles. The molecule has 1 amide bonds. The van der Waals surface area contributed by atoms with Crippen LogP contribution in [0.3, 0.4) is 0 Å². The highest BCUT2D eigenvalue weighted by Crippen LogP contribution is 2.44. The van der Waals surface area contributed by atoms with Crippen LogP contribution in [0.1, 0.15) is 31.6 Å². The Bertz CT molecular complexity index is 834. The molecule has 2 aromatic rings. The maximum Gasteiger partial charge on any atom is 0.234 e. The molecule has 2 N–H and O–H groups in total. The van der Waals surface area contributed by atoms with Crippen molar-refractivity contribution < 1.29 is 4.79 Å². The van der Waals surface area contributed by atoms with Crippen LogP contribution in [0.15, 0.2) is 34.8 Å². The van der Waals surface area contributed by atoms with Crippen molar-refractivity contribution in [1.82, 2.24) is 9.88 Å². The summed E-state index contributed by atoms with van der Waals surface area (Å²) < 4.78 is 0. The molecule has 0 bridgehead atoms. The van der Waals surface area contributed by atoms with Crippen molar-refractivity contribution in [2.24, 2.45) is 16.6 Å². The van der Waals surface area contributed by atoms with Gasteiger partial charge >= 0.3 is 0 Å². The van der Waals surface area contributed by atoms with E-state index in [1.807, 2.05) is 19.1 Å². The Labute approximate surface area is 156 Å². The van der Waals surface area contributed by atoms with Crippen molar-refractivity contribution in [2.75, 3.05) is 7.05 Å². The van der Waals surface area contributed by atoms with Gasteiger partial charge in [-0.05, 0) is 48.1 Å². The van der Waals surface area contributed by atoms with Gasteiger partial charge in [-0.25, -0.2) is 9.98 Å². The molecule has 1 unspecified atom stereocenters. The summed E-state index contributed by atoms with van der Waals surface area (Å²) in [6.45, 7) is 4.08. The highest BCUT2D eigenvalue weighted by atomic mass is 35.5. The maximum atomic E-state index is 12.8. The fourth-order valence-corrected chi connectivity index (χ4v) is 4.49. The molecule has 0 saturated carbocycles. The topological polar surface area (TPSA) is 71.6 Å². The largest absolute Gasteiger partial charge is 0.369 e. The summed E-state index contributed by atoms with van der Waals surface area (Å²) in [5.41, 5.74) is 7.40. The number of hydrogen-bond donors (Lipinski definition) is 1. The average molecular weight is 377 g/mol. The van der Waals surface area contributed by atoms with Gasteiger partial charge in [-0.15, -0.1) is 11.3 Å². The van der Waals surface area contributed by atoms with E-state index in [0.717, 1.165) is 28.8 Å². The van der Waals surface area contributed by atoms with Crippen molar-refractivity contribution in [3.05, 3.63) is 39.8 Å². The minimum absolute atomic E-state index is 0.0266. The van der Waals surface area contributed by atoms with Crippen LogP contribution in [-0.4, -0.2) is 28.8 Å². The van der Waals surface area contributed by atoms with Crippen LogP contribution in [0.4, 0.5) is 0 Å². The number of guanidine groups is 1. The van der Waals surface area contributed by atoms with Gasteiger partial charge in [0.15, 0.2) is 5.96 Å². The Balaban J connectivity index is 2.05. The lowest BCUT2D eigenvalue weighted by molar-refractivity contribution is -0.134. The SMILES string of the molecule is CCCC1C(=O)N(C)C(N)=N[C@]1(C)c1cc(-c2ccnc(Cl)c2)cs1. The molecule has 3 heterocycles. The number of carbonyl (C=O) groups is 1. The van der Waals surface area contributed by atoms with E-state index in [-0.39, 0.29) is 17.8 Å². The summed E-state index contributed by atoms with van der Waals surface area (Å²) in [5.74, 6) is 0.0721. The number of aliphatic imine (C=N–C) groups is 1. The first-order chi connectivity index (χ1) is 11.9. The van der Waals surface area contributed by atoms with Gasteiger partial charge in [0.05, 0.1) is 5.92 Å². The first-order valence-electron chi connectivity index (χ1n) is 8.20. The number of hydrogen-bond acceptors (Lipinski definition) is 5. The highest BCUT2D eigenvalue weighted by Gasteiger charge is 2.46. The number of aromatic nitrogens is 1. The first-order valence-corrected chi connectivity index (χ1v) is 9.46. The Morgan fingerprint density at radius 3 is 2.84 bits per heavy atom. The summed E-state index contributed by atoms with van der Waals surface area (Å²) in [5, 5.41) is 2.51. The van der Waals surface area contributed by atoms with Gasteiger partial charge in [-0.2, -0.15) is 0 Å². The van der Waals surface area contributed by atoms with Crippen LogP contribution in [0.5, 0.6) is 0 Å². The van der Waals surface area contributed by atoms with Crippen molar-refractivity contribution in [1.29, 1.82) is 0 Å².